The highest BCUT2D eigenvalue weighted by molar-refractivity contribution is 7.10. The van der Waals surface area contributed by atoms with Gasteiger partial charge in [0.05, 0.1) is 23.9 Å². The van der Waals surface area contributed by atoms with Crippen LogP contribution in [0.25, 0.3) is 11.0 Å². The molecule has 132 valence electrons. The zero-order chi connectivity index (χ0) is 17.5. The van der Waals surface area contributed by atoms with Gasteiger partial charge in [-0.1, -0.05) is 12.1 Å². The minimum atomic E-state index is 0.727. The number of aryl methyl sites for hydroxylation is 2. The number of guanidine groups is 1. The molecule has 5 nitrogen and oxygen atoms in total. The topological polar surface area (TPSA) is 54.2 Å². The molecule has 0 spiro atoms. The minimum Gasteiger partial charge on any atom is -0.357 e. The van der Waals surface area contributed by atoms with Crippen molar-refractivity contribution in [2.75, 3.05) is 13.1 Å². The molecule has 0 aliphatic carbocycles. The predicted octanol–water partition coefficient (Wildman–Crippen LogP) is 3.55. The van der Waals surface area contributed by atoms with Gasteiger partial charge < -0.3 is 15.2 Å². The molecular weight excluding hydrogens is 330 g/mol. The number of imidazole rings is 1. The fourth-order valence-corrected chi connectivity index (χ4v) is 3.53. The van der Waals surface area contributed by atoms with Crippen LogP contribution in [0.1, 0.15) is 23.8 Å². The summed E-state index contributed by atoms with van der Waals surface area (Å²) < 4.78 is 2.20. The second-order valence-corrected chi connectivity index (χ2v) is 6.93. The minimum absolute atomic E-state index is 0.727. The van der Waals surface area contributed by atoms with Gasteiger partial charge in [-0.05, 0) is 49.4 Å². The maximum Gasteiger partial charge on any atom is 0.191 e. The molecule has 0 bridgehead atoms. The molecule has 0 saturated carbocycles. The van der Waals surface area contributed by atoms with E-state index < -0.39 is 0 Å². The van der Waals surface area contributed by atoms with Gasteiger partial charge in [-0.3, -0.25) is 0 Å². The lowest BCUT2D eigenvalue weighted by Crippen LogP contribution is -2.38. The van der Waals surface area contributed by atoms with Gasteiger partial charge in [-0.25, -0.2) is 9.98 Å². The van der Waals surface area contributed by atoms with E-state index in [1.807, 2.05) is 18.5 Å². The molecular formula is C19H25N5S. The first-order valence-corrected chi connectivity index (χ1v) is 9.61. The fraction of sp³-hybridized carbons (Fsp3) is 0.368. The smallest absolute Gasteiger partial charge is 0.191 e. The van der Waals surface area contributed by atoms with E-state index in [-0.39, 0.29) is 0 Å². The Morgan fingerprint density at radius 1 is 1.24 bits per heavy atom. The summed E-state index contributed by atoms with van der Waals surface area (Å²) in [5, 5.41) is 8.86. The number of nitrogens with one attached hydrogen (secondary N) is 2. The highest BCUT2D eigenvalue weighted by atomic mass is 32.1. The monoisotopic (exact) mass is 355 g/mol. The first-order chi connectivity index (χ1) is 12.3. The van der Waals surface area contributed by atoms with Gasteiger partial charge in [0.25, 0.3) is 0 Å². The Kier molecular flexibility index (Phi) is 6.06. The van der Waals surface area contributed by atoms with E-state index >= 15 is 0 Å². The SMILES string of the molecule is CCNC(=NCc1sccc1C)NCCCn1cnc2ccccc21. The summed E-state index contributed by atoms with van der Waals surface area (Å²) in [6.45, 7) is 7.63. The highest BCUT2D eigenvalue weighted by Crippen LogP contribution is 2.16. The van der Waals surface area contributed by atoms with Gasteiger partial charge in [0, 0.05) is 24.5 Å². The van der Waals surface area contributed by atoms with Crippen LogP contribution >= 0.6 is 11.3 Å². The molecule has 6 heteroatoms. The normalized spacial score (nSPS) is 11.8. The molecule has 0 unspecified atom stereocenters. The van der Waals surface area contributed by atoms with Crippen LogP contribution in [0.4, 0.5) is 0 Å². The Morgan fingerprint density at radius 3 is 2.92 bits per heavy atom. The fourth-order valence-electron chi connectivity index (χ4n) is 2.70. The predicted molar refractivity (Wildman–Crippen MR) is 106 cm³/mol. The van der Waals surface area contributed by atoms with Crippen molar-refractivity contribution in [2.45, 2.75) is 33.4 Å². The molecule has 25 heavy (non-hydrogen) atoms. The van der Waals surface area contributed by atoms with Crippen LogP contribution in [0.5, 0.6) is 0 Å². The van der Waals surface area contributed by atoms with Crippen molar-refractivity contribution in [1.29, 1.82) is 0 Å². The van der Waals surface area contributed by atoms with Crippen molar-refractivity contribution in [1.82, 2.24) is 20.2 Å². The lowest BCUT2D eigenvalue weighted by Gasteiger charge is -2.11. The average molecular weight is 356 g/mol. The summed E-state index contributed by atoms with van der Waals surface area (Å²) in [6.07, 6.45) is 2.94. The third kappa shape index (κ3) is 4.60. The number of fused-ring (bicyclic) bond motifs is 1. The molecule has 0 radical (unpaired) electrons. The summed E-state index contributed by atoms with van der Waals surface area (Å²) in [5.41, 5.74) is 3.56. The molecule has 2 N–H and O–H groups in total. The molecule has 0 saturated heterocycles. The third-order valence-corrected chi connectivity index (χ3v) is 5.10. The van der Waals surface area contributed by atoms with E-state index in [1.54, 1.807) is 11.3 Å². The van der Waals surface area contributed by atoms with Crippen LogP contribution in [-0.2, 0) is 13.1 Å². The molecule has 3 aromatic rings. The van der Waals surface area contributed by atoms with Crippen LogP contribution in [0.2, 0.25) is 0 Å². The first kappa shape index (κ1) is 17.5. The van der Waals surface area contributed by atoms with Gasteiger partial charge in [0.2, 0.25) is 0 Å². The quantitative estimate of drug-likeness (QED) is 0.387. The summed E-state index contributed by atoms with van der Waals surface area (Å²) >= 11 is 1.76. The van der Waals surface area contributed by atoms with Crippen LogP contribution in [0.15, 0.2) is 47.0 Å². The molecule has 0 amide bonds. The molecule has 0 aliphatic heterocycles. The number of benzene rings is 1. The lowest BCUT2D eigenvalue weighted by molar-refractivity contribution is 0.637. The van der Waals surface area contributed by atoms with E-state index in [4.69, 9.17) is 0 Å². The second kappa shape index (κ2) is 8.67. The van der Waals surface area contributed by atoms with E-state index in [9.17, 15) is 0 Å². The van der Waals surface area contributed by atoms with Crippen LogP contribution < -0.4 is 10.6 Å². The molecule has 1 aromatic carbocycles. The molecule has 0 fully saturated rings. The molecule has 0 aliphatic rings. The van der Waals surface area contributed by atoms with E-state index in [0.29, 0.717) is 0 Å². The summed E-state index contributed by atoms with van der Waals surface area (Å²) in [6, 6.07) is 10.4. The number of aliphatic imine (C=N–C) groups is 1. The van der Waals surface area contributed by atoms with Gasteiger partial charge >= 0.3 is 0 Å². The summed E-state index contributed by atoms with van der Waals surface area (Å²) in [4.78, 5) is 10.4. The van der Waals surface area contributed by atoms with Gasteiger partial charge in [-0.15, -0.1) is 11.3 Å². The Balaban J connectivity index is 1.50. The molecule has 3 rings (SSSR count). The summed E-state index contributed by atoms with van der Waals surface area (Å²) in [5.74, 6) is 0.880. The van der Waals surface area contributed by atoms with Crippen molar-refractivity contribution in [3.8, 4) is 0 Å². The van der Waals surface area contributed by atoms with Crippen LogP contribution in [0.3, 0.4) is 0 Å². The Morgan fingerprint density at radius 2 is 2.12 bits per heavy atom. The number of hydrogen-bond acceptors (Lipinski definition) is 3. The average Bonchev–Trinajstić information content (AvgIpc) is 3.22. The van der Waals surface area contributed by atoms with E-state index in [1.165, 1.54) is 16.0 Å². The Labute approximate surface area is 152 Å². The van der Waals surface area contributed by atoms with Gasteiger partial charge in [-0.2, -0.15) is 0 Å². The number of aromatic nitrogens is 2. The molecule has 2 aromatic heterocycles. The first-order valence-electron chi connectivity index (χ1n) is 8.73. The molecule has 0 atom stereocenters. The van der Waals surface area contributed by atoms with Gasteiger partial charge in [0.1, 0.15) is 0 Å². The van der Waals surface area contributed by atoms with Crippen LogP contribution in [-0.4, -0.2) is 28.6 Å². The zero-order valence-electron chi connectivity index (χ0n) is 14.8. The number of rotatable bonds is 7. The standard InChI is InChI=1S/C19H25N5S/c1-3-20-19(22-13-18-15(2)9-12-25-18)21-10-6-11-24-14-23-16-7-4-5-8-17(16)24/h4-5,7-9,12,14H,3,6,10-11,13H2,1-2H3,(H2,20,21,22). The maximum atomic E-state index is 4.69. The largest absolute Gasteiger partial charge is 0.357 e. The zero-order valence-corrected chi connectivity index (χ0v) is 15.6. The van der Waals surface area contributed by atoms with Crippen molar-refractivity contribution >= 4 is 28.3 Å². The third-order valence-electron chi connectivity index (χ3n) is 4.09. The number of para-hydroxylation sites is 2. The van der Waals surface area contributed by atoms with Crippen molar-refractivity contribution in [3.05, 3.63) is 52.5 Å². The van der Waals surface area contributed by atoms with Crippen molar-refractivity contribution < 1.29 is 0 Å². The molecule has 2 heterocycles. The number of nitrogens with zero attached hydrogens (tertiary/aromatic N) is 3. The maximum absolute atomic E-state index is 4.69. The number of hydrogen-bond donors (Lipinski definition) is 2. The lowest BCUT2D eigenvalue weighted by atomic mass is 10.3. The van der Waals surface area contributed by atoms with Crippen molar-refractivity contribution in [2.24, 2.45) is 4.99 Å². The van der Waals surface area contributed by atoms with E-state index in [0.717, 1.165) is 44.1 Å². The van der Waals surface area contributed by atoms with E-state index in [2.05, 4.69) is 62.6 Å². The number of thiophene rings is 1. The van der Waals surface area contributed by atoms with Crippen LogP contribution in [0, 0.1) is 6.92 Å². The second-order valence-electron chi connectivity index (χ2n) is 5.93. The summed E-state index contributed by atoms with van der Waals surface area (Å²) in [7, 11) is 0. The van der Waals surface area contributed by atoms with Gasteiger partial charge in [0.15, 0.2) is 5.96 Å². The Bertz CT molecular complexity index is 833. The Hall–Kier alpha value is -2.34. The van der Waals surface area contributed by atoms with Crippen molar-refractivity contribution in [3.63, 3.8) is 0 Å². The highest BCUT2D eigenvalue weighted by Gasteiger charge is 2.03.